The van der Waals surface area contributed by atoms with Gasteiger partial charge in [-0.3, -0.25) is 0 Å². The maximum absolute atomic E-state index is 5.71. The van der Waals surface area contributed by atoms with Crippen LogP contribution in [0, 0.1) is 0 Å². The Balaban J connectivity index is 3.25. The van der Waals surface area contributed by atoms with Gasteiger partial charge in [0.25, 0.3) is 0 Å². The molecule has 1 rings (SSSR count). The molecule has 0 aliphatic rings. The second kappa shape index (κ2) is 4.40. The summed E-state index contributed by atoms with van der Waals surface area (Å²) < 4.78 is 11.5. The van der Waals surface area contributed by atoms with Gasteiger partial charge in [-0.25, -0.2) is 0 Å². The van der Waals surface area contributed by atoms with Crippen LogP contribution in [0.2, 0.25) is 5.82 Å². The minimum atomic E-state index is 0.355. The number of nitrogens with two attached hydrogens (primary N) is 1. The number of hydrogen-bond donors (Lipinski definition) is 1. The van der Waals surface area contributed by atoms with Gasteiger partial charge in [0.2, 0.25) is 0 Å². The Kier molecular flexibility index (Phi) is 3.46. The average molecular weight is 246 g/mol. The summed E-state index contributed by atoms with van der Waals surface area (Å²) >= 11 is 0.355. The molecule has 4 heteroatoms. The summed E-state index contributed by atoms with van der Waals surface area (Å²) in [6.45, 7) is 0. The van der Waals surface area contributed by atoms with Crippen molar-refractivity contribution in [3.63, 3.8) is 0 Å². The van der Waals surface area contributed by atoms with E-state index in [1.807, 2.05) is 6.07 Å². The van der Waals surface area contributed by atoms with E-state index in [4.69, 9.17) is 15.2 Å². The number of methoxy groups -OCH3 is 2. The van der Waals surface area contributed by atoms with Gasteiger partial charge < -0.3 is 0 Å². The van der Waals surface area contributed by atoms with Crippen molar-refractivity contribution in [3.8, 4) is 11.5 Å². The first-order valence-electron chi connectivity index (χ1n) is 3.78. The number of benzene rings is 1. The predicted molar refractivity (Wildman–Crippen MR) is 55.2 cm³/mol. The SMILES string of the molecule is COc1cc(N)cc([Se]C)c1OC. The fourth-order valence-electron chi connectivity index (χ4n) is 1.10. The van der Waals surface area contributed by atoms with E-state index in [1.165, 1.54) is 0 Å². The average Bonchev–Trinajstić information content (AvgIpc) is 2.16. The van der Waals surface area contributed by atoms with E-state index in [1.54, 1.807) is 20.3 Å². The van der Waals surface area contributed by atoms with Crippen LogP contribution in [0.4, 0.5) is 5.69 Å². The molecule has 0 heterocycles. The molecular formula is C9H13NO2Se. The van der Waals surface area contributed by atoms with E-state index in [0.717, 1.165) is 15.9 Å². The molecule has 0 aliphatic heterocycles. The van der Waals surface area contributed by atoms with Crippen LogP contribution in [0.3, 0.4) is 0 Å². The Bertz CT molecular complexity index is 277. The Labute approximate surface area is 84.4 Å². The van der Waals surface area contributed by atoms with Gasteiger partial charge in [0.1, 0.15) is 0 Å². The molecular weight excluding hydrogens is 233 g/mol. The maximum atomic E-state index is 5.71. The molecule has 13 heavy (non-hydrogen) atoms. The Hall–Kier alpha value is -0.861. The number of ether oxygens (including phenoxy) is 2. The van der Waals surface area contributed by atoms with Crippen molar-refractivity contribution < 1.29 is 9.47 Å². The molecule has 1 aromatic rings. The third-order valence-electron chi connectivity index (χ3n) is 1.69. The minimum absolute atomic E-state index is 0.355. The molecule has 3 nitrogen and oxygen atoms in total. The number of rotatable bonds is 3. The van der Waals surface area contributed by atoms with E-state index in [0.29, 0.717) is 20.7 Å². The van der Waals surface area contributed by atoms with Crippen molar-refractivity contribution in [2.24, 2.45) is 0 Å². The van der Waals surface area contributed by atoms with Crippen LogP contribution < -0.4 is 19.7 Å². The zero-order valence-corrected chi connectivity index (χ0v) is 9.67. The Morgan fingerprint density at radius 3 is 2.38 bits per heavy atom. The molecule has 72 valence electrons. The molecule has 0 unspecified atom stereocenters. The molecule has 0 fully saturated rings. The van der Waals surface area contributed by atoms with Crippen molar-refractivity contribution in [1.82, 2.24) is 0 Å². The van der Waals surface area contributed by atoms with Crippen LogP contribution in [-0.4, -0.2) is 29.2 Å². The zero-order valence-electron chi connectivity index (χ0n) is 7.96. The summed E-state index contributed by atoms with van der Waals surface area (Å²) in [5, 5.41) is 0. The van der Waals surface area contributed by atoms with E-state index >= 15 is 0 Å². The summed E-state index contributed by atoms with van der Waals surface area (Å²) in [6.07, 6.45) is 0. The van der Waals surface area contributed by atoms with Gasteiger partial charge in [0.15, 0.2) is 0 Å². The molecule has 0 bridgehead atoms. The fourth-order valence-corrected chi connectivity index (χ4v) is 2.41. The van der Waals surface area contributed by atoms with Gasteiger partial charge in [0, 0.05) is 0 Å². The zero-order chi connectivity index (χ0) is 9.84. The number of nitrogen functional groups attached to an aromatic ring is 1. The summed E-state index contributed by atoms with van der Waals surface area (Å²) in [7, 11) is 3.26. The normalized spacial score (nSPS) is 9.77. The van der Waals surface area contributed by atoms with E-state index < -0.39 is 0 Å². The Morgan fingerprint density at radius 1 is 1.23 bits per heavy atom. The number of anilines is 1. The quantitative estimate of drug-likeness (QED) is 0.629. The molecule has 0 atom stereocenters. The van der Waals surface area contributed by atoms with Crippen molar-refractivity contribution in [1.29, 1.82) is 0 Å². The molecule has 0 amide bonds. The van der Waals surface area contributed by atoms with Gasteiger partial charge in [-0.05, 0) is 0 Å². The van der Waals surface area contributed by atoms with E-state index in [2.05, 4.69) is 5.82 Å². The standard InChI is InChI=1S/C9H13NO2Se/c1-11-7-4-6(10)5-8(13-3)9(7)12-2/h4-5H,10H2,1-3H3. The molecule has 0 aliphatic carbocycles. The van der Waals surface area contributed by atoms with Gasteiger partial charge in [-0.2, -0.15) is 0 Å². The van der Waals surface area contributed by atoms with E-state index in [-0.39, 0.29) is 0 Å². The number of hydrogen-bond acceptors (Lipinski definition) is 3. The van der Waals surface area contributed by atoms with Crippen molar-refractivity contribution in [2.45, 2.75) is 5.82 Å². The first-order valence-corrected chi connectivity index (χ1v) is 6.35. The fraction of sp³-hybridized carbons (Fsp3) is 0.333. The summed E-state index contributed by atoms with van der Waals surface area (Å²) in [4.78, 5) is 0. The van der Waals surface area contributed by atoms with Crippen LogP contribution in [0.15, 0.2) is 12.1 Å². The van der Waals surface area contributed by atoms with Crippen LogP contribution in [-0.2, 0) is 0 Å². The summed E-state index contributed by atoms with van der Waals surface area (Å²) in [5.74, 6) is 3.63. The molecule has 0 saturated carbocycles. The predicted octanol–water partition coefficient (Wildman–Crippen LogP) is 0.664. The van der Waals surface area contributed by atoms with Crippen molar-refractivity contribution in [2.75, 3.05) is 20.0 Å². The molecule has 1 aromatic carbocycles. The summed E-state index contributed by atoms with van der Waals surface area (Å²) in [5.41, 5.74) is 6.43. The molecule has 0 aromatic heterocycles. The van der Waals surface area contributed by atoms with Crippen molar-refractivity contribution in [3.05, 3.63) is 12.1 Å². The monoisotopic (exact) mass is 247 g/mol. The molecule has 0 spiro atoms. The van der Waals surface area contributed by atoms with Crippen LogP contribution in [0.5, 0.6) is 11.5 Å². The topological polar surface area (TPSA) is 44.5 Å². The molecule has 0 radical (unpaired) electrons. The van der Waals surface area contributed by atoms with Crippen LogP contribution >= 0.6 is 0 Å². The van der Waals surface area contributed by atoms with E-state index in [9.17, 15) is 0 Å². The molecule has 0 saturated heterocycles. The first-order chi connectivity index (χ1) is 6.22. The van der Waals surface area contributed by atoms with Gasteiger partial charge >= 0.3 is 84.0 Å². The second-order valence-electron chi connectivity index (χ2n) is 2.46. The van der Waals surface area contributed by atoms with Crippen molar-refractivity contribution >= 4 is 25.1 Å². The third-order valence-corrected chi connectivity index (χ3v) is 3.25. The van der Waals surface area contributed by atoms with Crippen LogP contribution in [0.25, 0.3) is 0 Å². The second-order valence-corrected chi connectivity index (χ2v) is 4.24. The van der Waals surface area contributed by atoms with Gasteiger partial charge in [-0.15, -0.1) is 0 Å². The molecule has 2 N–H and O–H groups in total. The van der Waals surface area contributed by atoms with Crippen LogP contribution in [0.1, 0.15) is 0 Å². The summed E-state index contributed by atoms with van der Waals surface area (Å²) in [6, 6.07) is 3.70. The van der Waals surface area contributed by atoms with Gasteiger partial charge in [0.05, 0.1) is 0 Å². The third kappa shape index (κ3) is 2.08. The van der Waals surface area contributed by atoms with Gasteiger partial charge in [-0.1, -0.05) is 0 Å². The first kappa shape index (κ1) is 10.2. The Morgan fingerprint density at radius 2 is 1.92 bits per heavy atom.